The Morgan fingerprint density at radius 3 is 2.22 bits per heavy atom. The predicted octanol–water partition coefficient (Wildman–Crippen LogP) is 4.86. The van der Waals surface area contributed by atoms with Crippen LogP contribution in [0.3, 0.4) is 0 Å². The van der Waals surface area contributed by atoms with Gasteiger partial charge in [-0.05, 0) is 61.4 Å². The minimum Gasteiger partial charge on any atom is -0.493 e. The maximum Gasteiger partial charge on any atom is 0.161 e. The molecule has 0 unspecified atom stereocenters. The average Bonchev–Trinajstić information content (AvgIpc) is 2.64. The number of methoxy groups -OCH3 is 1. The summed E-state index contributed by atoms with van der Waals surface area (Å²) in [4.78, 5) is 0. The van der Waals surface area contributed by atoms with E-state index in [9.17, 15) is 0 Å². The first-order valence-corrected chi connectivity index (χ1v) is 9.06. The number of rotatable bonds is 11. The van der Waals surface area contributed by atoms with E-state index in [0.29, 0.717) is 6.61 Å². The van der Waals surface area contributed by atoms with Gasteiger partial charge in [-0.2, -0.15) is 0 Å². The smallest absolute Gasteiger partial charge is 0.161 e. The van der Waals surface area contributed by atoms with Crippen LogP contribution in [0.4, 0.5) is 0 Å². The van der Waals surface area contributed by atoms with E-state index in [2.05, 4.69) is 23.6 Å². The van der Waals surface area contributed by atoms with Crippen LogP contribution >= 0.6 is 36.4 Å². The van der Waals surface area contributed by atoms with E-state index in [0.717, 1.165) is 54.7 Å². The van der Waals surface area contributed by atoms with Crippen LogP contribution in [0.25, 0.3) is 0 Å². The molecule has 2 rings (SSSR count). The fourth-order valence-corrected chi connectivity index (χ4v) is 2.56. The molecule has 0 heterocycles. The van der Waals surface area contributed by atoms with Gasteiger partial charge in [-0.25, -0.2) is 0 Å². The summed E-state index contributed by atoms with van der Waals surface area (Å²) in [5.41, 5.74) is 2.25. The Bertz CT molecular complexity index is 640. The van der Waals surface area contributed by atoms with E-state index in [1.807, 2.05) is 36.4 Å². The molecule has 0 aliphatic heterocycles. The highest BCUT2D eigenvalue weighted by atomic mass is 35.5. The number of benzene rings is 2. The summed E-state index contributed by atoms with van der Waals surface area (Å²) in [5.74, 6) is 1.49. The summed E-state index contributed by atoms with van der Waals surface area (Å²) in [6, 6.07) is 13.7. The van der Waals surface area contributed by atoms with Gasteiger partial charge in [0.1, 0.15) is 6.61 Å². The molecule has 0 aromatic heterocycles. The molecule has 0 saturated heterocycles. The van der Waals surface area contributed by atoms with Crippen LogP contribution < -0.4 is 20.1 Å². The van der Waals surface area contributed by atoms with Crippen LogP contribution in [-0.2, 0) is 13.2 Å². The van der Waals surface area contributed by atoms with Crippen LogP contribution in [0.15, 0.2) is 42.5 Å². The van der Waals surface area contributed by atoms with Gasteiger partial charge in [0.2, 0.25) is 0 Å². The minimum atomic E-state index is 0. The Morgan fingerprint density at radius 1 is 0.889 bits per heavy atom. The highest BCUT2D eigenvalue weighted by Crippen LogP contribution is 2.29. The molecule has 152 valence electrons. The molecule has 4 nitrogen and oxygen atoms in total. The van der Waals surface area contributed by atoms with Crippen molar-refractivity contribution in [1.82, 2.24) is 10.6 Å². The van der Waals surface area contributed by atoms with E-state index in [1.54, 1.807) is 7.11 Å². The van der Waals surface area contributed by atoms with Crippen molar-refractivity contribution in [1.29, 1.82) is 0 Å². The zero-order valence-electron chi connectivity index (χ0n) is 15.8. The molecule has 0 aliphatic carbocycles. The predicted molar refractivity (Wildman–Crippen MR) is 118 cm³/mol. The van der Waals surface area contributed by atoms with E-state index in [4.69, 9.17) is 21.1 Å². The molecule has 0 spiro atoms. The fraction of sp³-hybridized carbons (Fsp3) is 0.400. The first-order chi connectivity index (χ1) is 12.2. The van der Waals surface area contributed by atoms with Crippen LogP contribution in [0.1, 0.15) is 24.5 Å². The largest absolute Gasteiger partial charge is 0.493 e. The number of hydrogen-bond donors (Lipinski definition) is 2. The summed E-state index contributed by atoms with van der Waals surface area (Å²) < 4.78 is 11.4. The Hall–Kier alpha value is -1.17. The van der Waals surface area contributed by atoms with Crippen LogP contribution in [0, 0.1) is 0 Å². The van der Waals surface area contributed by atoms with E-state index >= 15 is 0 Å². The lowest BCUT2D eigenvalue weighted by atomic mass is 10.2. The summed E-state index contributed by atoms with van der Waals surface area (Å²) in [6.07, 6.45) is 1.12. The Labute approximate surface area is 179 Å². The minimum absolute atomic E-state index is 0. The molecule has 27 heavy (non-hydrogen) atoms. The van der Waals surface area contributed by atoms with Crippen LogP contribution in [0.2, 0.25) is 5.02 Å². The van der Waals surface area contributed by atoms with Crippen molar-refractivity contribution < 1.29 is 9.47 Å². The zero-order valence-corrected chi connectivity index (χ0v) is 18.2. The van der Waals surface area contributed by atoms with Gasteiger partial charge in [0.05, 0.1) is 7.11 Å². The number of ether oxygens (including phenoxy) is 2. The van der Waals surface area contributed by atoms with Gasteiger partial charge in [-0.1, -0.05) is 36.7 Å². The third kappa shape index (κ3) is 9.54. The second-order valence-electron chi connectivity index (χ2n) is 5.78. The average molecular weight is 436 g/mol. The standard InChI is InChI=1S/C20H27ClN2O2.2ClH/c1-3-22-11-4-12-23-14-17-7-10-19(20(13-17)24-2)25-15-16-5-8-18(21)9-6-16;;/h5-10,13,22-23H,3-4,11-12,14-15H2,1-2H3;2*1H. The van der Waals surface area contributed by atoms with Gasteiger partial charge in [0.25, 0.3) is 0 Å². The van der Waals surface area contributed by atoms with Crippen molar-refractivity contribution in [3.05, 3.63) is 58.6 Å². The molecule has 2 N–H and O–H groups in total. The Morgan fingerprint density at radius 2 is 1.56 bits per heavy atom. The highest BCUT2D eigenvalue weighted by Gasteiger charge is 2.06. The summed E-state index contributed by atoms with van der Waals surface area (Å²) >= 11 is 5.90. The second-order valence-corrected chi connectivity index (χ2v) is 6.22. The lowest BCUT2D eigenvalue weighted by Crippen LogP contribution is -2.21. The molecule has 0 radical (unpaired) electrons. The molecule has 0 saturated carbocycles. The summed E-state index contributed by atoms with van der Waals surface area (Å²) in [5, 5.41) is 7.49. The van der Waals surface area contributed by atoms with Crippen LogP contribution in [-0.4, -0.2) is 26.7 Å². The molecule has 7 heteroatoms. The van der Waals surface area contributed by atoms with E-state index in [-0.39, 0.29) is 24.8 Å². The topological polar surface area (TPSA) is 42.5 Å². The van der Waals surface area contributed by atoms with Crippen molar-refractivity contribution in [2.45, 2.75) is 26.5 Å². The molecule has 0 aliphatic rings. The number of hydrogen-bond acceptors (Lipinski definition) is 4. The maximum atomic E-state index is 5.90. The third-order valence-electron chi connectivity index (χ3n) is 3.82. The first-order valence-electron chi connectivity index (χ1n) is 8.68. The summed E-state index contributed by atoms with van der Waals surface area (Å²) in [7, 11) is 1.66. The Balaban J connectivity index is 0.00000338. The van der Waals surface area contributed by atoms with Crippen molar-refractivity contribution >= 4 is 36.4 Å². The molecule has 0 bridgehead atoms. The second kappa shape index (κ2) is 14.8. The zero-order chi connectivity index (χ0) is 17.9. The van der Waals surface area contributed by atoms with Crippen molar-refractivity contribution in [3.63, 3.8) is 0 Å². The fourth-order valence-electron chi connectivity index (χ4n) is 2.43. The van der Waals surface area contributed by atoms with Crippen LogP contribution in [0.5, 0.6) is 11.5 Å². The van der Waals surface area contributed by atoms with E-state index < -0.39 is 0 Å². The molecule has 2 aromatic carbocycles. The molecular weight excluding hydrogens is 407 g/mol. The number of halogens is 3. The first kappa shape index (κ1) is 25.8. The van der Waals surface area contributed by atoms with Gasteiger partial charge < -0.3 is 20.1 Å². The van der Waals surface area contributed by atoms with Crippen molar-refractivity contribution in [2.24, 2.45) is 0 Å². The number of nitrogens with one attached hydrogen (secondary N) is 2. The van der Waals surface area contributed by atoms with Gasteiger partial charge in [-0.15, -0.1) is 24.8 Å². The molecule has 0 amide bonds. The third-order valence-corrected chi connectivity index (χ3v) is 4.07. The van der Waals surface area contributed by atoms with E-state index in [1.165, 1.54) is 5.56 Å². The van der Waals surface area contributed by atoms with Crippen molar-refractivity contribution in [2.75, 3.05) is 26.7 Å². The maximum absolute atomic E-state index is 5.90. The lowest BCUT2D eigenvalue weighted by molar-refractivity contribution is 0.284. The molecular formula is C20H29Cl3N2O2. The van der Waals surface area contributed by atoms with Gasteiger partial charge in [0, 0.05) is 11.6 Å². The lowest BCUT2D eigenvalue weighted by Gasteiger charge is -2.13. The van der Waals surface area contributed by atoms with Gasteiger partial charge in [-0.3, -0.25) is 0 Å². The van der Waals surface area contributed by atoms with Crippen molar-refractivity contribution in [3.8, 4) is 11.5 Å². The molecule has 0 fully saturated rings. The SMILES string of the molecule is CCNCCCNCc1ccc(OCc2ccc(Cl)cc2)c(OC)c1.Cl.Cl. The highest BCUT2D eigenvalue weighted by molar-refractivity contribution is 6.30. The van der Waals surface area contributed by atoms with Gasteiger partial charge >= 0.3 is 0 Å². The normalized spacial score (nSPS) is 9.89. The summed E-state index contributed by atoms with van der Waals surface area (Å²) in [6.45, 7) is 6.48. The quantitative estimate of drug-likeness (QED) is 0.495. The monoisotopic (exact) mass is 434 g/mol. The van der Waals surface area contributed by atoms with Gasteiger partial charge in [0.15, 0.2) is 11.5 Å². The molecule has 0 atom stereocenters. The Kier molecular flexibility index (Phi) is 14.2. The molecule has 2 aromatic rings.